The highest BCUT2D eigenvalue weighted by Crippen LogP contribution is 2.26. The number of benzene rings is 2. The number of aliphatic imine (C=N–C) groups is 1. The molecular formula is C24H29N5O4S. The first-order valence-electron chi connectivity index (χ1n) is 11.4. The van der Waals surface area contributed by atoms with Crippen LogP contribution >= 0.6 is 0 Å². The number of hydrazine groups is 1. The molecule has 2 amide bonds. The van der Waals surface area contributed by atoms with Crippen molar-refractivity contribution in [3.8, 4) is 0 Å². The van der Waals surface area contributed by atoms with Crippen LogP contribution in [0.4, 0.5) is 11.4 Å². The van der Waals surface area contributed by atoms with E-state index in [4.69, 9.17) is 0 Å². The molecule has 2 aromatic carbocycles. The molecule has 0 saturated carbocycles. The third-order valence-corrected chi connectivity index (χ3v) is 8.02. The van der Waals surface area contributed by atoms with E-state index in [2.05, 4.69) is 15.7 Å². The Morgan fingerprint density at radius 2 is 1.68 bits per heavy atom. The second kappa shape index (κ2) is 9.94. The van der Waals surface area contributed by atoms with Crippen molar-refractivity contribution in [2.45, 2.75) is 44.4 Å². The maximum atomic E-state index is 13.3. The smallest absolute Gasteiger partial charge is 0.292 e. The third kappa shape index (κ3) is 5.13. The van der Waals surface area contributed by atoms with Crippen molar-refractivity contribution >= 4 is 39.0 Å². The van der Waals surface area contributed by atoms with Gasteiger partial charge in [-0.05, 0) is 56.5 Å². The van der Waals surface area contributed by atoms with E-state index in [9.17, 15) is 18.0 Å². The first-order valence-corrected chi connectivity index (χ1v) is 12.8. The summed E-state index contributed by atoms with van der Waals surface area (Å²) in [7, 11) is -3.67. The van der Waals surface area contributed by atoms with Gasteiger partial charge in [0.05, 0.1) is 10.6 Å². The largest absolute Gasteiger partial charge is 0.319 e. The molecule has 2 N–H and O–H groups in total. The number of carbonyl (C=O) groups excluding carboxylic acids is 2. The van der Waals surface area contributed by atoms with Gasteiger partial charge in [-0.25, -0.2) is 13.4 Å². The van der Waals surface area contributed by atoms with E-state index in [0.29, 0.717) is 30.0 Å². The monoisotopic (exact) mass is 483 g/mol. The van der Waals surface area contributed by atoms with Crippen LogP contribution in [-0.4, -0.2) is 50.0 Å². The average molecular weight is 484 g/mol. The maximum absolute atomic E-state index is 13.3. The lowest BCUT2D eigenvalue weighted by atomic mass is 10.2. The number of aryl methyl sites for hydroxylation is 2. The highest BCUT2D eigenvalue weighted by atomic mass is 32.2. The van der Waals surface area contributed by atoms with Gasteiger partial charge in [-0.15, -0.1) is 0 Å². The number of hydrogen-bond donors (Lipinski definition) is 2. The molecule has 0 aliphatic carbocycles. The Labute approximate surface area is 199 Å². The Balaban J connectivity index is 1.52. The molecule has 34 heavy (non-hydrogen) atoms. The number of rotatable bonds is 5. The van der Waals surface area contributed by atoms with Crippen molar-refractivity contribution in [3.05, 3.63) is 53.6 Å². The van der Waals surface area contributed by atoms with Gasteiger partial charge in [-0.2, -0.15) is 4.31 Å². The number of amidine groups is 1. The first kappa shape index (κ1) is 23.9. The van der Waals surface area contributed by atoms with E-state index in [-0.39, 0.29) is 23.2 Å². The van der Waals surface area contributed by atoms with Crippen LogP contribution in [0.2, 0.25) is 0 Å². The predicted molar refractivity (Wildman–Crippen MR) is 131 cm³/mol. The molecule has 1 fully saturated rings. The van der Waals surface area contributed by atoms with Gasteiger partial charge in [0.2, 0.25) is 15.9 Å². The number of nitrogens with zero attached hydrogens (tertiary/aromatic N) is 3. The summed E-state index contributed by atoms with van der Waals surface area (Å²) in [6, 6.07) is 12.1. The molecule has 0 aromatic heterocycles. The van der Waals surface area contributed by atoms with Crippen LogP contribution in [0.15, 0.2) is 52.4 Å². The maximum Gasteiger partial charge on any atom is 0.292 e. The molecule has 0 radical (unpaired) electrons. The molecule has 1 saturated heterocycles. The number of nitrogens with one attached hydrogen (secondary N) is 2. The lowest BCUT2D eigenvalue weighted by Gasteiger charge is -2.27. The quantitative estimate of drug-likeness (QED) is 0.679. The van der Waals surface area contributed by atoms with Crippen LogP contribution in [-0.2, 0) is 19.6 Å². The van der Waals surface area contributed by atoms with Gasteiger partial charge in [0.15, 0.2) is 0 Å². The van der Waals surface area contributed by atoms with E-state index >= 15 is 0 Å². The standard InChI is InChI=1S/C24H29N5O4S/c1-17-7-11-20(12-8-17)29-22(30)16-25-23(27-29)24(31)26-19-10-9-18(2)21(15-19)34(32,33)28-13-5-3-4-6-14-28/h7-12,15H,3-6,13-14,16H2,1-2H3,(H,25,27)(H,26,31). The van der Waals surface area contributed by atoms with Crippen LogP contribution in [0, 0.1) is 13.8 Å². The van der Waals surface area contributed by atoms with Gasteiger partial charge >= 0.3 is 0 Å². The van der Waals surface area contributed by atoms with Crippen LogP contribution in [0.3, 0.4) is 0 Å². The van der Waals surface area contributed by atoms with Gasteiger partial charge in [0.25, 0.3) is 11.8 Å². The minimum absolute atomic E-state index is 0.0299. The molecule has 2 heterocycles. The fraction of sp³-hybridized carbons (Fsp3) is 0.375. The summed E-state index contributed by atoms with van der Waals surface area (Å²) in [5, 5.41) is 3.99. The van der Waals surface area contributed by atoms with E-state index in [1.165, 1.54) is 15.4 Å². The molecule has 0 bridgehead atoms. The normalized spacial score (nSPS) is 17.5. The molecule has 2 aliphatic rings. The zero-order chi connectivity index (χ0) is 24.3. The van der Waals surface area contributed by atoms with E-state index in [0.717, 1.165) is 31.2 Å². The minimum atomic E-state index is -3.67. The second-order valence-electron chi connectivity index (χ2n) is 8.59. The second-order valence-corrected chi connectivity index (χ2v) is 10.5. The number of amides is 2. The van der Waals surface area contributed by atoms with Crippen molar-refractivity contribution in [2.75, 3.05) is 30.0 Å². The molecule has 2 aromatic rings. The molecule has 4 rings (SSSR count). The van der Waals surface area contributed by atoms with E-state index < -0.39 is 15.9 Å². The summed E-state index contributed by atoms with van der Waals surface area (Å²) < 4.78 is 28.1. The van der Waals surface area contributed by atoms with Crippen LogP contribution < -0.4 is 15.8 Å². The summed E-state index contributed by atoms with van der Waals surface area (Å²) >= 11 is 0. The van der Waals surface area contributed by atoms with Gasteiger partial charge < -0.3 is 5.32 Å². The Morgan fingerprint density at radius 1 is 1.00 bits per heavy atom. The number of anilines is 2. The summed E-state index contributed by atoms with van der Waals surface area (Å²) in [4.78, 5) is 29.5. The molecule has 9 nitrogen and oxygen atoms in total. The van der Waals surface area contributed by atoms with Gasteiger partial charge in [0, 0.05) is 18.8 Å². The Morgan fingerprint density at radius 3 is 2.35 bits per heavy atom. The Kier molecular flexibility index (Phi) is 6.99. The molecule has 180 valence electrons. The third-order valence-electron chi connectivity index (χ3n) is 5.98. The average Bonchev–Trinajstić information content (AvgIpc) is 3.11. The van der Waals surface area contributed by atoms with Gasteiger partial charge in [0.1, 0.15) is 6.54 Å². The van der Waals surface area contributed by atoms with Crippen LogP contribution in [0.1, 0.15) is 36.8 Å². The predicted octanol–water partition coefficient (Wildman–Crippen LogP) is 2.76. The van der Waals surface area contributed by atoms with E-state index in [1.54, 1.807) is 31.2 Å². The fourth-order valence-electron chi connectivity index (χ4n) is 4.01. The van der Waals surface area contributed by atoms with Crippen molar-refractivity contribution in [1.82, 2.24) is 9.73 Å². The number of sulfonamides is 1. The highest BCUT2D eigenvalue weighted by Gasteiger charge is 2.28. The van der Waals surface area contributed by atoms with Crippen molar-refractivity contribution in [2.24, 2.45) is 4.99 Å². The molecule has 2 aliphatic heterocycles. The molecular weight excluding hydrogens is 454 g/mol. The Bertz CT molecular complexity index is 1220. The van der Waals surface area contributed by atoms with E-state index in [1.807, 2.05) is 19.1 Å². The molecule has 0 atom stereocenters. The SMILES string of the molecule is Cc1ccc(N2NC(C(=O)Nc3ccc(C)c(S(=O)(=O)N4CCCCCC4)c3)=NCC2=O)cc1. The zero-order valence-electron chi connectivity index (χ0n) is 19.4. The highest BCUT2D eigenvalue weighted by molar-refractivity contribution is 7.89. The Hall–Kier alpha value is -3.24. The fourth-order valence-corrected chi connectivity index (χ4v) is 5.78. The van der Waals surface area contributed by atoms with Crippen LogP contribution in [0.5, 0.6) is 0 Å². The number of hydrogen-bond acceptors (Lipinski definition) is 6. The first-order chi connectivity index (χ1) is 16.3. The number of carbonyl (C=O) groups is 2. The lowest BCUT2D eigenvalue weighted by Crippen LogP contribution is -2.54. The summed E-state index contributed by atoms with van der Waals surface area (Å²) in [5.74, 6) is -0.883. The minimum Gasteiger partial charge on any atom is -0.319 e. The van der Waals surface area contributed by atoms with Crippen LogP contribution in [0.25, 0.3) is 0 Å². The van der Waals surface area contributed by atoms with Crippen molar-refractivity contribution in [3.63, 3.8) is 0 Å². The topological polar surface area (TPSA) is 111 Å². The van der Waals surface area contributed by atoms with Gasteiger partial charge in [-0.1, -0.05) is 36.6 Å². The summed E-state index contributed by atoms with van der Waals surface area (Å²) in [6.07, 6.45) is 3.74. The summed E-state index contributed by atoms with van der Waals surface area (Å²) in [6.45, 7) is 4.52. The molecule has 10 heteroatoms. The summed E-state index contributed by atoms with van der Waals surface area (Å²) in [5.41, 5.74) is 5.37. The van der Waals surface area contributed by atoms with Gasteiger partial charge in [-0.3, -0.25) is 20.0 Å². The molecule has 0 spiro atoms. The van der Waals surface area contributed by atoms with Crippen molar-refractivity contribution in [1.29, 1.82) is 0 Å². The molecule has 0 unspecified atom stereocenters. The zero-order valence-corrected chi connectivity index (χ0v) is 20.2. The van der Waals surface area contributed by atoms with Crippen molar-refractivity contribution < 1.29 is 18.0 Å². The lowest BCUT2D eigenvalue weighted by molar-refractivity contribution is -0.118.